The zero-order valence-electron chi connectivity index (χ0n) is 19.3. The molecular weight excluding hydrogens is 469 g/mol. The topological polar surface area (TPSA) is 99.7 Å². The molecule has 188 valence electrons. The molecule has 0 spiro atoms. The second kappa shape index (κ2) is 10.6. The van der Waals surface area contributed by atoms with E-state index in [1.807, 2.05) is 0 Å². The number of aliphatic hydroxyl groups excluding tert-OH is 1. The fourth-order valence-corrected chi connectivity index (χ4v) is 7.39. The molecule has 0 radical (unpaired) electrons. The molecule has 4 saturated carbocycles. The third-order valence-corrected chi connectivity index (χ3v) is 9.70. The van der Waals surface area contributed by atoms with Gasteiger partial charge in [-0.2, -0.15) is 0 Å². The summed E-state index contributed by atoms with van der Waals surface area (Å²) in [6, 6.07) is -0.193. The monoisotopic (exact) mass is 505 g/mol. The molecule has 4 N–H and O–H groups in total. The summed E-state index contributed by atoms with van der Waals surface area (Å²) in [5.74, 6) is 0.494. The van der Waals surface area contributed by atoms with Crippen molar-refractivity contribution in [1.82, 2.24) is 16.0 Å². The van der Waals surface area contributed by atoms with Crippen LogP contribution in [-0.2, 0) is 14.3 Å². The van der Waals surface area contributed by atoms with Gasteiger partial charge in [-0.15, -0.1) is 23.4 Å². The van der Waals surface area contributed by atoms with Gasteiger partial charge in [-0.05, 0) is 51.4 Å². The van der Waals surface area contributed by atoms with Crippen molar-refractivity contribution in [1.29, 1.82) is 0 Å². The molecule has 1 saturated heterocycles. The van der Waals surface area contributed by atoms with Crippen LogP contribution in [-0.4, -0.2) is 75.5 Å². The number of aliphatic hydroxyl groups is 1. The van der Waals surface area contributed by atoms with Gasteiger partial charge in [0.15, 0.2) is 0 Å². The number of halogens is 2. The third kappa shape index (κ3) is 5.80. The Balaban J connectivity index is 1.25. The lowest BCUT2D eigenvalue weighted by molar-refractivity contribution is -0.140. The molecule has 2 bridgehead atoms. The van der Waals surface area contributed by atoms with Crippen molar-refractivity contribution in [3.8, 4) is 0 Å². The van der Waals surface area contributed by atoms with E-state index in [0.717, 1.165) is 31.4 Å². The summed E-state index contributed by atoms with van der Waals surface area (Å²) in [5.41, 5.74) is -1.10. The largest absolute Gasteiger partial charge is 0.391 e. The number of hydrogen-bond donors (Lipinski definition) is 4. The number of carbonyl (C=O) groups is 2. The highest BCUT2D eigenvalue weighted by Gasteiger charge is 2.55. The molecule has 5 fully saturated rings. The van der Waals surface area contributed by atoms with Crippen LogP contribution in [0.5, 0.6) is 0 Å². The van der Waals surface area contributed by atoms with E-state index in [4.69, 9.17) is 16.3 Å². The maximum atomic E-state index is 13.8. The molecule has 7 nitrogen and oxygen atoms in total. The Morgan fingerprint density at radius 3 is 2.67 bits per heavy atom. The quantitative estimate of drug-likeness (QED) is 0.378. The van der Waals surface area contributed by atoms with Gasteiger partial charge in [0.05, 0.1) is 34.5 Å². The Labute approximate surface area is 204 Å². The van der Waals surface area contributed by atoms with Crippen LogP contribution < -0.4 is 16.0 Å². The zero-order valence-corrected chi connectivity index (χ0v) is 20.9. The Kier molecular flexibility index (Phi) is 8.16. The minimum absolute atomic E-state index is 0.0120. The molecule has 6 unspecified atom stereocenters. The van der Waals surface area contributed by atoms with E-state index >= 15 is 0 Å². The van der Waals surface area contributed by atoms with Gasteiger partial charge in [-0.25, -0.2) is 4.39 Å². The Morgan fingerprint density at radius 1 is 1.24 bits per heavy atom. The van der Waals surface area contributed by atoms with Gasteiger partial charge in [-0.1, -0.05) is 13.3 Å². The number of nitrogens with one attached hydrogen (secondary N) is 3. The number of ether oxygens (including phenoxy) is 1. The summed E-state index contributed by atoms with van der Waals surface area (Å²) in [5, 5.41) is 20.5. The van der Waals surface area contributed by atoms with Gasteiger partial charge in [0.25, 0.3) is 0 Å². The molecule has 0 aromatic rings. The lowest BCUT2D eigenvalue weighted by atomic mass is 9.60. The predicted octanol–water partition coefficient (Wildman–Crippen LogP) is 2.38. The summed E-state index contributed by atoms with van der Waals surface area (Å²) >= 11 is 7.71. The molecule has 10 heteroatoms. The van der Waals surface area contributed by atoms with Crippen molar-refractivity contribution in [2.45, 2.75) is 117 Å². The van der Waals surface area contributed by atoms with Gasteiger partial charge in [0.1, 0.15) is 12.8 Å². The highest BCUT2D eigenvalue weighted by Crippen LogP contribution is 2.47. The number of hydrogen-bond acceptors (Lipinski definition) is 6. The van der Waals surface area contributed by atoms with E-state index < -0.39 is 28.7 Å². The van der Waals surface area contributed by atoms with Crippen molar-refractivity contribution in [3.63, 3.8) is 0 Å². The van der Waals surface area contributed by atoms with Gasteiger partial charge in [0, 0.05) is 17.7 Å². The van der Waals surface area contributed by atoms with E-state index in [0.29, 0.717) is 37.5 Å². The number of alkyl halides is 2. The smallest absolute Gasteiger partial charge is 0.246 e. The average Bonchev–Trinajstić information content (AvgIpc) is 3.25. The van der Waals surface area contributed by atoms with Crippen LogP contribution in [0.3, 0.4) is 0 Å². The first-order valence-corrected chi connectivity index (χ1v) is 13.8. The Morgan fingerprint density at radius 2 is 2.00 bits per heavy atom. The third-order valence-electron chi connectivity index (χ3n) is 7.91. The zero-order chi connectivity index (χ0) is 23.6. The van der Waals surface area contributed by atoms with E-state index in [1.165, 1.54) is 0 Å². The molecule has 6 atom stereocenters. The first-order valence-electron chi connectivity index (χ1n) is 12.3. The first-order chi connectivity index (χ1) is 15.7. The molecule has 1 heterocycles. The fraction of sp³-hybridized carbons (Fsp3) is 0.913. The summed E-state index contributed by atoms with van der Waals surface area (Å²) in [6.45, 7) is 1.99. The first kappa shape index (κ1) is 25.5. The summed E-state index contributed by atoms with van der Waals surface area (Å²) in [7, 11) is 0. The maximum Gasteiger partial charge on any atom is 0.246 e. The van der Waals surface area contributed by atoms with Crippen LogP contribution in [0.15, 0.2) is 0 Å². The predicted molar refractivity (Wildman–Crippen MR) is 127 cm³/mol. The molecule has 4 aliphatic carbocycles. The lowest BCUT2D eigenvalue weighted by Crippen LogP contribution is -2.71. The van der Waals surface area contributed by atoms with Crippen molar-refractivity contribution in [3.05, 3.63) is 0 Å². The molecule has 0 aromatic carbocycles. The second-order valence-electron chi connectivity index (χ2n) is 10.3. The molecular formula is C23H37ClFN3O4S. The van der Waals surface area contributed by atoms with Crippen LogP contribution >= 0.6 is 23.4 Å². The maximum absolute atomic E-state index is 13.8. The van der Waals surface area contributed by atoms with Crippen molar-refractivity contribution < 1.29 is 23.8 Å². The van der Waals surface area contributed by atoms with Gasteiger partial charge >= 0.3 is 0 Å². The van der Waals surface area contributed by atoms with Crippen molar-refractivity contribution >= 4 is 35.2 Å². The minimum atomic E-state index is -1.11. The number of thioether (sulfide) groups is 1. The number of carbonyl (C=O) groups excluding carboxylic acids is 2. The van der Waals surface area contributed by atoms with E-state index in [9.17, 15) is 19.1 Å². The molecule has 5 aliphatic rings. The van der Waals surface area contributed by atoms with Gasteiger partial charge in [0.2, 0.25) is 11.8 Å². The van der Waals surface area contributed by atoms with Crippen LogP contribution in [0.25, 0.3) is 0 Å². The number of rotatable bonds is 8. The molecule has 0 aromatic heterocycles. The molecule has 1 aliphatic heterocycles. The van der Waals surface area contributed by atoms with E-state index in [2.05, 4.69) is 22.9 Å². The SMILES string of the molecule is CCCC1NC(C(=O)NC23CCC(NC(=O)COC4CCC(Cl)C(F)C4)(CC2)C(O)C3)CS1. The van der Waals surface area contributed by atoms with Gasteiger partial charge < -0.3 is 20.5 Å². The van der Waals surface area contributed by atoms with Gasteiger partial charge in [-0.3, -0.25) is 14.9 Å². The van der Waals surface area contributed by atoms with Crippen LogP contribution in [0.2, 0.25) is 0 Å². The number of amides is 2. The van der Waals surface area contributed by atoms with Crippen molar-refractivity contribution in [2.75, 3.05) is 12.4 Å². The summed E-state index contributed by atoms with van der Waals surface area (Å²) in [6.07, 6.45) is 4.47. The second-order valence-corrected chi connectivity index (χ2v) is 12.1. The lowest BCUT2D eigenvalue weighted by Gasteiger charge is -2.56. The Hall–Kier alpha value is -0.610. The molecule has 5 rings (SSSR count). The molecule has 2 amide bonds. The molecule has 33 heavy (non-hydrogen) atoms. The Bertz CT molecular complexity index is 724. The number of fused-ring (bicyclic) bond motifs is 3. The van der Waals surface area contributed by atoms with E-state index in [-0.39, 0.29) is 37.0 Å². The standard InChI is InChI=1S/C23H37ClFN3O4S/c1-2-3-20-26-17(13-33-20)21(31)28-22-6-8-23(9-7-22,18(29)11-22)27-19(30)12-32-14-4-5-15(24)16(25)10-14/h14-18,20,26,29H,2-13H2,1H3,(H,27,30)(H,28,31). The summed E-state index contributed by atoms with van der Waals surface area (Å²) in [4.78, 5) is 25.5. The highest BCUT2D eigenvalue weighted by atomic mass is 35.5. The van der Waals surface area contributed by atoms with Crippen LogP contribution in [0, 0.1) is 0 Å². The van der Waals surface area contributed by atoms with Crippen LogP contribution in [0.1, 0.15) is 71.1 Å². The van der Waals surface area contributed by atoms with E-state index in [1.54, 1.807) is 11.8 Å². The highest BCUT2D eigenvalue weighted by molar-refractivity contribution is 8.00. The summed E-state index contributed by atoms with van der Waals surface area (Å²) < 4.78 is 19.4. The minimum Gasteiger partial charge on any atom is -0.391 e. The van der Waals surface area contributed by atoms with Crippen LogP contribution in [0.4, 0.5) is 4.39 Å². The normalized spacial score (nSPS) is 42.8. The fourth-order valence-electron chi connectivity index (χ4n) is 5.82. The van der Waals surface area contributed by atoms with Crippen molar-refractivity contribution in [2.24, 2.45) is 0 Å². The average molecular weight is 506 g/mol.